The van der Waals surface area contributed by atoms with Crippen molar-refractivity contribution in [2.75, 3.05) is 39.8 Å². The van der Waals surface area contributed by atoms with E-state index in [1.54, 1.807) is 12.4 Å². The molecule has 7 nitrogen and oxygen atoms in total. The van der Waals surface area contributed by atoms with Crippen LogP contribution in [0.15, 0.2) is 54.5 Å². The topological polar surface area (TPSA) is 66.0 Å². The molecule has 7 heteroatoms. The molecule has 1 aromatic heterocycles. The zero-order valence-corrected chi connectivity index (χ0v) is 19.0. The van der Waals surface area contributed by atoms with E-state index < -0.39 is 0 Å². The van der Waals surface area contributed by atoms with Gasteiger partial charge in [-0.05, 0) is 48.4 Å². The van der Waals surface area contributed by atoms with Crippen molar-refractivity contribution in [2.24, 2.45) is 5.92 Å². The van der Waals surface area contributed by atoms with E-state index in [9.17, 15) is 9.59 Å². The molecule has 0 radical (unpaired) electrons. The van der Waals surface area contributed by atoms with Crippen molar-refractivity contribution >= 4 is 17.4 Å². The zero-order chi connectivity index (χ0) is 22.7. The molecule has 2 aliphatic heterocycles. The molecule has 4 rings (SSSR count). The number of likely N-dealkylation sites (N-methyl/N-ethyl adjacent to an activating group) is 1. The maximum absolute atomic E-state index is 13.5. The summed E-state index contributed by atoms with van der Waals surface area (Å²) in [5.41, 5.74) is 2.60. The largest absolute Gasteiger partial charge is 0.493 e. The smallest absolute Gasteiger partial charge is 0.278 e. The second-order valence-electron chi connectivity index (χ2n) is 8.80. The van der Waals surface area contributed by atoms with Gasteiger partial charge in [-0.25, -0.2) is 0 Å². The average Bonchev–Trinajstić information content (AvgIpc) is 3.04. The third-order valence-corrected chi connectivity index (χ3v) is 5.78. The lowest BCUT2D eigenvalue weighted by atomic mass is 10.0. The van der Waals surface area contributed by atoms with Crippen LogP contribution in [0.25, 0.3) is 5.57 Å². The fraction of sp³-hybridized carbons (Fsp3) is 0.400. The molecule has 1 aromatic carbocycles. The molecule has 0 aliphatic carbocycles. The number of hydrogen-bond donors (Lipinski definition) is 0. The fourth-order valence-electron chi connectivity index (χ4n) is 3.94. The number of benzene rings is 1. The maximum Gasteiger partial charge on any atom is 0.278 e. The highest BCUT2D eigenvalue weighted by atomic mass is 16.5. The van der Waals surface area contributed by atoms with E-state index in [2.05, 4.69) is 35.7 Å². The Balaban J connectivity index is 1.66. The monoisotopic (exact) mass is 434 g/mol. The van der Waals surface area contributed by atoms with Crippen LogP contribution in [0.4, 0.5) is 0 Å². The number of pyridine rings is 1. The number of amides is 2. The summed E-state index contributed by atoms with van der Waals surface area (Å²) < 4.78 is 5.79. The number of imide groups is 1. The van der Waals surface area contributed by atoms with Crippen LogP contribution in [0.2, 0.25) is 0 Å². The molecule has 1 saturated heterocycles. The Morgan fingerprint density at radius 3 is 2.22 bits per heavy atom. The van der Waals surface area contributed by atoms with Gasteiger partial charge < -0.3 is 14.5 Å². The first-order chi connectivity index (χ1) is 15.4. The Labute approximate surface area is 189 Å². The van der Waals surface area contributed by atoms with E-state index in [4.69, 9.17) is 4.74 Å². The third-order valence-electron chi connectivity index (χ3n) is 5.78. The zero-order valence-electron chi connectivity index (χ0n) is 19.0. The lowest BCUT2D eigenvalue weighted by Crippen LogP contribution is -2.46. The van der Waals surface area contributed by atoms with Crippen LogP contribution in [-0.2, 0) is 16.1 Å². The standard InChI is InChI=1S/C25H30N4O3/c1-18(2)17-32-21-6-4-20(5-7-21)22-23(28-14-12-27(3)13-15-28)25(31)29(24(22)30)16-19-8-10-26-11-9-19/h4-11,18H,12-17H2,1-3H3. The normalized spacial score (nSPS) is 17.6. The van der Waals surface area contributed by atoms with Gasteiger partial charge in [0, 0.05) is 38.6 Å². The van der Waals surface area contributed by atoms with Crippen molar-refractivity contribution < 1.29 is 14.3 Å². The van der Waals surface area contributed by atoms with Gasteiger partial charge in [-0.1, -0.05) is 26.0 Å². The molecule has 0 atom stereocenters. The summed E-state index contributed by atoms with van der Waals surface area (Å²) in [4.78, 5) is 36.6. The first kappa shape index (κ1) is 22.0. The first-order valence-corrected chi connectivity index (χ1v) is 11.1. The van der Waals surface area contributed by atoms with Crippen LogP contribution in [0.3, 0.4) is 0 Å². The van der Waals surface area contributed by atoms with Crippen LogP contribution < -0.4 is 4.74 Å². The molecular weight excluding hydrogens is 404 g/mol. The van der Waals surface area contributed by atoms with E-state index in [0.29, 0.717) is 36.9 Å². The van der Waals surface area contributed by atoms with E-state index >= 15 is 0 Å². The number of aromatic nitrogens is 1. The summed E-state index contributed by atoms with van der Waals surface area (Å²) >= 11 is 0. The number of rotatable bonds is 7. The second-order valence-corrected chi connectivity index (χ2v) is 8.80. The molecule has 0 N–H and O–H groups in total. The SMILES string of the molecule is CC(C)COc1ccc(C2=C(N3CCN(C)CC3)C(=O)N(Cc3ccncc3)C2=O)cc1. The van der Waals surface area contributed by atoms with E-state index in [1.807, 2.05) is 36.4 Å². The van der Waals surface area contributed by atoms with Crippen molar-refractivity contribution in [3.63, 3.8) is 0 Å². The molecule has 1 fully saturated rings. The Kier molecular flexibility index (Phi) is 6.55. The van der Waals surface area contributed by atoms with Crippen molar-refractivity contribution in [1.29, 1.82) is 0 Å². The molecule has 2 aliphatic rings. The number of hydrogen-bond acceptors (Lipinski definition) is 6. The minimum Gasteiger partial charge on any atom is -0.493 e. The van der Waals surface area contributed by atoms with Crippen LogP contribution in [-0.4, -0.2) is 71.3 Å². The molecule has 168 valence electrons. The predicted octanol–water partition coefficient (Wildman–Crippen LogP) is 2.64. The Bertz CT molecular complexity index is 994. The third kappa shape index (κ3) is 4.67. The van der Waals surface area contributed by atoms with Gasteiger partial charge in [0.05, 0.1) is 18.7 Å². The number of carbonyl (C=O) groups excluding carboxylic acids is 2. The van der Waals surface area contributed by atoms with Crippen LogP contribution in [0, 0.1) is 5.92 Å². The van der Waals surface area contributed by atoms with Gasteiger partial charge in [-0.2, -0.15) is 0 Å². The predicted molar refractivity (Wildman–Crippen MR) is 123 cm³/mol. The van der Waals surface area contributed by atoms with Gasteiger partial charge in [0.2, 0.25) is 0 Å². The van der Waals surface area contributed by atoms with Crippen molar-refractivity contribution in [2.45, 2.75) is 20.4 Å². The number of piperazine rings is 1. The molecule has 0 unspecified atom stereocenters. The fourth-order valence-corrected chi connectivity index (χ4v) is 3.94. The van der Waals surface area contributed by atoms with E-state index in [0.717, 1.165) is 30.0 Å². The summed E-state index contributed by atoms with van der Waals surface area (Å²) in [6, 6.07) is 11.2. The molecule has 32 heavy (non-hydrogen) atoms. The summed E-state index contributed by atoms with van der Waals surface area (Å²) in [7, 11) is 2.07. The van der Waals surface area contributed by atoms with Crippen molar-refractivity contribution in [3.8, 4) is 5.75 Å². The highest BCUT2D eigenvalue weighted by Gasteiger charge is 2.42. The summed E-state index contributed by atoms with van der Waals surface area (Å²) in [6.45, 7) is 8.20. The van der Waals surface area contributed by atoms with E-state index in [1.165, 1.54) is 4.90 Å². The number of nitrogens with zero attached hydrogens (tertiary/aromatic N) is 4. The molecule has 3 heterocycles. The lowest BCUT2D eigenvalue weighted by Gasteiger charge is -2.34. The van der Waals surface area contributed by atoms with Gasteiger partial charge >= 0.3 is 0 Å². The minimum atomic E-state index is -0.253. The van der Waals surface area contributed by atoms with Gasteiger partial charge in [0.15, 0.2) is 0 Å². The molecule has 0 spiro atoms. The molecule has 2 aromatic rings. The summed E-state index contributed by atoms with van der Waals surface area (Å²) in [5, 5.41) is 0. The van der Waals surface area contributed by atoms with Gasteiger partial charge in [0.25, 0.3) is 11.8 Å². The molecule has 0 bridgehead atoms. The Morgan fingerprint density at radius 2 is 1.59 bits per heavy atom. The highest BCUT2D eigenvalue weighted by molar-refractivity contribution is 6.35. The average molecular weight is 435 g/mol. The summed E-state index contributed by atoms with van der Waals surface area (Å²) in [5.74, 6) is 0.703. The number of carbonyl (C=O) groups is 2. The van der Waals surface area contributed by atoms with E-state index in [-0.39, 0.29) is 18.4 Å². The van der Waals surface area contributed by atoms with Crippen LogP contribution in [0.5, 0.6) is 5.75 Å². The molecule has 2 amide bonds. The Hall–Kier alpha value is -3.19. The van der Waals surface area contributed by atoms with Crippen molar-refractivity contribution in [3.05, 3.63) is 65.6 Å². The highest BCUT2D eigenvalue weighted by Crippen LogP contribution is 2.33. The van der Waals surface area contributed by atoms with Gasteiger partial charge in [-0.15, -0.1) is 0 Å². The van der Waals surface area contributed by atoms with Gasteiger partial charge in [-0.3, -0.25) is 19.5 Å². The minimum absolute atomic E-state index is 0.230. The second kappa shape index (κ2) is 9.53. The lowest BCUT2D eigenvalue weighted by molar-refractivity contribution is -0.138. The number of ether oxygens (including phenoxy) is 1. The van der Waals surface area contributed by atoms with Crippen LogP contribution >= 0.6 is 0 Å². The molecular formula is C25H30N4O3. The quantitative estimate of drug-likeness (QED) is 0.625. The first-order valence-electron chi connectivity index (χ1n) is 11.1. The van der Waals surface area contributed by atoms with Crippen LogP contribution in [0.1, 0.15) is 25.0 Å². The summed E-state index contributed by atoms with van der Waals surface area (Å²) in [6.07, 6.45) is 3.35. The van der Waals surface area contributed by atoms with Crippen molar-refractivity contribution in [1.82, 2.24) is 19.7 Å². The molecule has 0 saturated carbocycles. The van der Waals surface area contributed by atoms with Gasteiger partial charge in [0.1, 0.15) is 11.4 Å². The Morgan fingerprint density at radius 1 is 0.938 bits per heavy atom. The maximum atomic E-state index is 13.5.